The topological polar surface area (TPSA) is 71.4 Å². The van der Waals surface area contributed by atoms with Crippen LogP contribution in [0.25, 0.3) is 5.69 Å². The molecule has 0 unspecified atom stereocenters. The number of nitrogens with zero attached hydrogens (tertiary/aromatic N) is 4. The smallest absolute Gasteiger partial charge is 0.143 e. The largest absolute Gasteiger partial charge is 0.381 e. The normalized spacial score (nSPS) is 10.6. The number of aromatic nitrogens is 5. The summed E-state index contributed by atoms with van der Waals surface area (Å²) in [6.45, 7) is 2.85. The van der Waals surface area contributed by atoms with Gasteiger partial charge in [0.1, 0.15) is 6.33 Å². The zero-order valence-corrected chi connectivity index (χ0v) is 10.5. The van der Waals surface area contributed by atoms with Crippen molar-refractivity contribution < 1.29 is 0 Å². The fourth-order valence-electron chi connectivity index (χ4n) is 1.89. The van der Waals surface area contributed by atoms with E-state index in [9.17, 15) is 0 Å². The first-order valence-electron chi connectivity index (χ1n) is 6.02. The molecule has 0 spiro atoms. The summed E-state index contributed by atoms with van der Waals surface area (Å²) in [6.07, 6.45) is 5.48. The van der Waals surface area contributed by atoms with Crippen molar-refractivity contribution in [3.8, 4) is 5.69 Å². The highest BCUT2D eigenvalue weighted by Crippen LogP contribution is 2.19. The summed E-state index contributed by atoms with van der Waals surface area (Å²) in [4.78, 5) is 3.04. The summed E-state index contributed by atoms with van der Waals surface area (Å²) >= 11 is 0. The van der Waals surface area contributed by atoms with Gasteiger partial charge in [-0.2, -0.15) is 0 Å². The van der Waals surface area contributed by atoms with Crippen LogP contribution in [0.1, 0.15) is 11.1 Å². The van der Waals surface area contributed by atoms with Crippen molar-refractivity contribution in [2.24, 2.45) is 0 Å². The van der Waals surface area contributed by atoms with Crippen molar-refractivity contribution in [1.29, 1.82) is 0 Å². The Kier molecular flexibility index (Phi) is 2.97. The number of nitrogens with one attached hydrogen (secondary N) is 2. The number of hydrogen-bond acceptors (Lipinski definition) is 4. The molecule has 0 aliphatic carbocycles. The van der Waals surface area contributed by atoms with Gasteiger partial charge in [0, 0.05) is 24.6 Å². The van der Waals surface area contributed by atoms with E-state index in [1.165, 1.54) is 11.1 Å². The lowest BCUT2D eigenvalue weighted by Crippen LogP contribution is -2.02. The van der Waals surface area contributed by atoms with Gasteiger partial charge in [0.15, 0.2) is 0 Å². The Morgan fingerprint density at radius 1 is 1.32 bits per heavy atom. The van der Waals surface area contributed by atoms with Gasteiger partial charge in [-0.15, -0.1) is 5.10 Å². The molecule has 2 heterocycles. The summed E-state index contributed by atoms with van der Waals surface area (Å²) in [5.74, 6) is 0. The van der Waals surface area contributed by atoms with Gasteiger partial charge in [-0.05, 0) is 46.7 Å². The SMILES string of the molecule is Cc1ccc(-n2cnnn2)cc1NCc1cc[nH]c1. The van der Waals surface area contributed by atoms with Gasteiger partial charge in [0.05, 0.1) is 5.69 Å². The van der Waals surface area contributed by atoms with E-state index in [-0.39, 0.29) is 0 Å². The standard InChI is InChI=1S/C13H14N6/c1-10-2-3-12(19-9-16-17-18-19)6-13(10)15-8-11-4-5-14-7-11/h2-7,9,14-15H,8H2,1H3. The number of benzene rings is 1. The van der Waals surface area contributed by atoms with Crippen LogP contribution < -0.4 is 5.32 Å². The van der Waals surface area contributed by atoms with E-state index < -0.39 is 0 Å². The molecule has 3 aromatic rings. The molecule has 1 aromatic carbocycles. The lowest BCUT2D eigenvalue weighted by molar-refractivity contribution is 0.789. The third-order valence-corrected chi connectivity index (χ3v) is 2.98. The highest BCUT2D eigenvalue weighted by atomic mass is 15.5. The molecular formula is C13H14N6. The molecular weight excluding hydrogens is 240 g/mol. The third-order valence-electron chi connectivity index (χ3n) is 2.98. The fraction of sp³-hybridized carbons (Fsp3) is 0.154. The first-order chi connectivity index (χ1) is 9.33. The molecule has 0 aliphatic rings. The lowest BCUT2D eigenvalue weighted by atomic mass is 10.1. The maximum absolute atomic E-state index is 3.89. The van der Waals surface area contributed by atoms with Gasteiger partial charge in [-0.25, -0.2) is 4.68 Å². The number of H-pyrrole nitrogens is 1. The van der Waals surface area contributed by atoms with Crippen LogP contribution in [0.3, 0.4) is 0 Å². The van der Waals surface area contributed by atoms with Crippen LogP contribution in [0.5, 0.6) is 0 Å². The number of hydrogen-bond donors (Lipinski definition) is 2. The minimum atomic E-state index is 0.781. The van der Waals surface area contributed by atoms with Crippen LogP contribution >= 0.6 is 0 Å². The van der Waals surface area contributed by atoms with Crippen LogP contribution in [-0.2, 0) is 6.54 Å². The minimum absolute atomic E-state index is 0.781. The number of aromatic amines is 1. The predicted molar refractivity (Wildman–Crippen MR) is 72.0 cm³/mol. The van der Waals surface area contributed by atoms with Crippen LogP contribution in [0.15, 0.2) is 43.0 Å². The molecule has 96 valence electrons. The van der Waals surface area contributed by atoms with Crippen LogP contribution in [-0.4, -0.2) is 25.2 Å². The Morgan fingerprint density at radius 3 is 3.00 bits per heavy atom. The van der Waals surface area contributed by atoms with Gasteiger partial charge in [0.2, 0.25) is 0 Å². The average Bonchev–Trinajstić information content (AvgIpc) is 3.11. The second-order valence-electron chi connectivity index (χ2n) is 4.33. The summed E-state index contributed by atoms with van der Waals surface area (Å²) in [5, 5.41) is 14.6. The first-order valence-corrected chi connectivity index (χ1v) is 6.02. The highest BCUT2D eigenvalue weighted by molar-refractivity contribution is 5.56. The van der Waals surface area contributed by atoms with Gasteiger partial charge in [0.25, 0.3) is 0 Å². The van der Waals surface area contributed by atoms with Gasteiger partial charge < -0.3 is 10.3 Å². The minimum Gasteiger partial charge on any atom is -0.381 e. The van der Waals surface area contributed by atoms with E-state index in [2.05, 4.69) is 38.8 Å². The van der Waals surface area contributed by atoms with E-state index in [0.717, 1.165) is 17.9 Å². The number of tetrazole rings is 1. The molecule has 0 saturated carbocycles. The molecule has 3 rings (SSSR count). The fourth-order valence-corrected chi connectivity index (χ4v) is 1.89. The second-order valence-corrected chi connectivity index (χ2v) is 4.33. The zero-order chi connectivity index (χ0) is 13.1. The van der Waals surface area contributed by atoms with Crippen molar-refractivity contribution in [1.82, 2.24) is 25.2 Å². The molecule has 6 nitrogen and oxygen atoms in total. The van der Waals surface area contributed by atoms with Crippen molar-refractivity contribution in [3.63, 3.8) is 0 Å². The molecule has 19 heavy (non-hydrogen) atoms. The number of aryl methyl sites for hydroxylation is 1. The molecule has 0 fully saturated rings. The maximum atomic E-state index is 3.89. The Hall–Kier alpha value is -2.63. The second kappa shape index (κ2) is 4.93. The molecule has 0 aliphatic heterocycles. The van der Waals surface area contributed by atoms with E-state index in [4.69, 9.17) is 0 Å². The molecule has 2 aromatic heterocycles. The van der Waals surface area contributed by atoms with E-state index >= 15 is 0 Å². The molecule has 0 amide bonds. The van der Waals surface area contributed by atoms with E-state index in [1.54, 1.807) is 11.0 Å². The van der Waals surface area contributed by atoms with E-state index in [1.807, 2.05) is 30.6 Å². The van der Waals surface area contributed by atoms with Crippen molar-refractivity contribution in [3.05, 3.63) is 54.1 Å². The average molecular weight is 254 g/mol. The lowest BCUT2D eigenvalue weighted by Gasteiger charge is -2.10. The Morgan fingerprint density at radius 2 is 2.26 bits per heavy atom. The summed E-state index contributed by atoms with van der Waals surface area (Å²) < 4.78 is 1.64. The summed E-state index contributed by atoms with van der Waals surface area (Å²) in [7, 11) is 0. The predicted octanol–water partition coefficient (Wildman–Crippen LogP) is 1.91. The third kappa shape index (κ3) is 2.47. The summed E-state index contributed by atoms with van der Waals surface area (Å²) in [5.41, 5.74) is 4.42. The quantitative estimate of drug-likeness (QED) is 0.746. The van der Waals surface area contributed by atoms with Crippen molar-refractivity contribution >= 4 is 5.69 Å². The molecule has 0 bridgehead atoms. The zero-order valence-electron chi connectivity index (χ0n) is 10.5. The van der Waals surface area contributed by atoms with Crippen molar-refractivity contribution in [2.75, 3.05) is 5.32 Å². The van der Waals surface area contributed by atoms with Crippen molar-refractivity contribution in [2.45, 2.75) is 13.5 Å². The van der Waals surface area contributed by atoms with Crippen LogP contribution in [0.4, 0.5) is 5.69 Å². The van der Waals surface area contributed by atoms with Crippen LogP contribution in [0, 0.1) is 6.92 Å². The highest BCUT2D eigenvalue weighted by Gasteiger charge is 2.03. The molecule has 0 radical (unpaired) electrons. The van der Waals surface area contributed by atoms with Gasteiger partial charge in [-0.1, -0.05) is 6.07 Å². The Bertz CT molecular complexity index is 642. The molecule has 6 heteroatoms. The molecule has 2 N–H and O–H groups in total. The Balaban J connectivity index is 1.82. The molecule has 0 saturated heterocycles. The van der Waals surface area contributed by atoms with E-state index in [0.29, 0.717) is 0 Å². The molecule has 0 atom stereocenters. The monoisotopic (exact) mass is 254 g/mol. The first kappa shape index (κ1) is 11.5. The van der Waals surface area contributed by atoms with Gasteiger partial charge >= 0.3 is 0 Å². The number of anilines is 1. The van der Waals surface area contributed by atoms with Crippen LogP contribution in [0.2, 0.25) is 0 Å². The maximum Gasteiger partial charge on any atom is 0.143 e. The number of rotatable bonds is 4. The Labute approximate surface area is 110 Å². The van der Waals surface area contributed by atoms with Gasteiger partial charge in [-0.3, -0.25) is 0 Å². The summed E-state index contributed by atoms with van der Waals surface area (Å²) in [6, 6.07) is 8.13.